The molecule has 0 aliphatic carbocycles. The van der Waals surface area contributed by atoms with E-state index in [1.165, 1.54) is 31.5 Å². The van der Waals surface area contributed by atoms with Gasteiger partial charge in [0, 0.05) is 18.3 Å². The molecule has 0 radical (unpaired) electrons. The molecule has 2 aliphatic heterocycles. The Morgan fingerprint density at radius 3 is 3.00 bits per heavy atom. The van der Waals surface area contributed by atoms with Gasteiger partial charge in [-0.3, -0.25) is 0 Å². The molecule has 12 heavy (non-hydrogen) atoms. The van der Waals surface area contributed by atoms with Crippen LogP contribution in [-0.4, -0.2) is 19.1 Å². The summed E-state index contributed by atoms with van der Waals surface area (Å²) >= 11 is 0. The number of hydrogen-bond acceptors (Lipinski definition) is 2. The average Bonchev–Trinajstić information content (AvgIpc) is 2.21. The molecule has 0 bridgehead atoms. The second-order valence-electron chi connectivity index (χ2n) is 3.43. The van der Waals surface area contributed by atoms with Crippen molar-refractivity contribution in [3.05, 3.63) is 23.9 Å². The average molecular weight is 164 g/mol. The van der Waals surface area contributed by atoms with E-state index in [0.29, 0.717) is 6.04 Å². The number of nitrogens with one attached hydrogen (secondary N) is 2. The van der Waals surface area contributed by atoms with Crippen LogP contribution >= 0.6 is 0 Å². The summed E-state index contributed by atoms with van der Waals surface area (Å²) in [4.78, 5) is 0. The zero-order valence-electron chi connectivity index (χ0n) is 7.34. The predicted octanol–water partition coefficient (Wildman–Crippen LogP) is 1.17. The number of hydrogen-bond donors (Lipinski definition) is 2. The van der Waals surface area contributed by atoms with Gasteiger partial charge in [-0.25, -0.2) is 0 Å². The van der Waals surface area contributed by atoms with Crippen molar-refractivity contribution < 1.29 is 0 Å². The first kappa shape index (κ1) is 7.87. The molecule has 0 aromatic carbocycles. The fraction of sp³-hybridized carbons (Fsp3) is 0.600. The SMILES string of the molecule is C1=CCNC(C2CCCCN2)=C1. The zero-order chi connectivity index (χ0) is 8.23. The maximum atomic E-state index is 3.52. The summed E-state index contributed by atoms with van der Waals surface area (Å²) in [5, 5.41) is 6.92. The Morgan fingerprint density at radius 1 is 1.33 bits per heavy atom. The topological polar surface area (TPSA) is 24.1 Å². The van der Waals surface area contributed by atoms with Crippen LogP contribution in [0.1, 0.15) is 19.3 Å². The Bertz CT molecular complexity index is 200. The molecule has 66 valence electrons. The van der Waals surface area contributed by atoms with E-state index in [-0.39, 0.29) is 0 Å². The van der Waals surface area contributed by atoms with E-state index in [9.17, 15) is 0 Å². The van der Waals surface area contributed by atoms with Gasteiger partial charge in [0.25, 0.3) is 0 Å². The van der Waals surface area contributed by atoms with Crippen LogP contribution in [0.3, 0.4) is 0 Å². The molecule has 0 spiro atoms. The fourth-order valence-corrected chi connectivity index (χ4v) is 1.83. The molecule has 1 fully saturated rings. The number of piperidine rings is 1. The van der Waals surface area contributed by atoms with E-state index in [1.54, 1.807) is 0 Å². The Kier molecular flexibility index (Phi) is 2.47. The highest BCUT2D eigenvalue weighted by Crippen LogP contribution is 2.13. The Hall–Kier alpha value is -0.760. The fourth-order valence-electron chi connectivity index (χ4n) is 1.83. The molecular weight excluding hydrogens is 148 g/mol. The van der Waals surface area contributed by atoms with Crippen molar-refractivity contribution in [1.29, 1.82) is 0 Å². The lowest BCUT2D eigenvalue weighted by atomic mass is 10.0. The van der Waals surface area contributed by atoms with Gasteiger partial charge >= 0.3 is 0 Å². The van der Waals surface area contributed by atoms with Gasteiger partial charge in [0.15, 0.2) is 0 Å². The summed E-state index contributed by atoms with van der Waals surface area (Å²) in [5.41, 5.74) is 1.37. The van der Waals surface area contributed by atoms with Crippen LogP contribution in [0.25, 0.3) is 0 Å². The highest BCUT2D eigenvalue weighted by atomic mass is 15.0. The van der Waals surface area contributed by atoms with Crippen LogP contribution in [0.5, 0.6) is 0 Å². The third-order valence-corrected chi connectivity index (χ3v) is 2.52. The highest BCUT2D eigenvalue weighted by Gasteiger charge is 2.16. The van der Waals surface area contributed by atoms with Crippen LogP contribution in [0.4, 0.5) is 0 Å². The van der Waals surface area contributed by atoms with Crippen molar-refractivity contribution in [2.24, 2.45) is 0 Å². The summed E-state index contributed by atoms with van der Waals surface area (Å²) in [6.07, 6.45) is 10.5. The first-order chi connectivity index (χ1) is 5.97. The molecule has 2 nitrogen and oxygen atoms in total. The number of dihydropyridines is 1. The lowest BCUT2D eigenvalue weighted by Gasteiger charge is -2.27. The van der Waals surface area contributed by atoms with Gasteiger partial charge in [0.2, 0.25) is 0 Å². The van der Waals surface area contributed by atoms with Gasteiger partial charge in [-0.2, -0.15) is 0 Å². The Morgan fingerprint density at radius 2 is 2.33 bits per heavy atom. The molecule has 0 aromatic heterocycles. The first-order valence-corrected chi connectivity index (χ1v) is 4.81. The molecule has 0 saturated carbocycles. The normalized spacial score (nSPS) is 29.3. The van der Waals surface area contributed by atoms with Crippen molar-refractivity contribution in [3.8, 4) is 0 Å². The van der Waals surface area contributed by atoms with Crippen LogP contribution in [-0.2, 0) is 0 Å². The number of allylic oxidation sites excluding steroid dienone is 2. The molecule has 1 saturated heterocycles. The smallest absolute Gasteiger partial charge is 0.0469 e. The second-order valence-corrected chi connectivity index (χ2v) is 3.43. The van der Waals surface area contributed by atoms with Crippen molar-refractivity contribution in [2.45, 2.75) is 25.3 Å². The van der Waals surface area contributed by atoms with Gasteiger partial charge in [0.05, 0.1) is 0 Å². The van der Waals surface area contributed by atoms with Crippen LogP contribution in [0.15, 0.2) is 23.9 Å². The largest absolute Gasteiger partial charge is 0.384 e. The van der Waals surface area contributed by atoms with Gasteiger partial charge in [-0.1, -0.05) is 18.6 Å². The molecule has 2 rings (SSSR count). The molecule has 0 amide bonds. The van der Waals surface area contributed by atoms with E-state index < -0.39 is 0 Å². The third kappa shape index (κ3) is 1.69. The molecule has 2 aliphatic rings. The number of rotatable bonds is 1. The van der Waals surface area contributed by atoms with Gasteiger partial charge in [0.1, 0.15) is 0 Å². The van der Waals surface area contributed by atoms with Gasteiger partial charge in [-0.05, 0) is 25.5 Å². The van der Waals surface area contributed by atoms with E-state index >= 15 is 0 Å². The first-order valence-electron chi connectivity index (χ1n) is 4.81. The molecule has 2 N–H and O–H groups in total. The van der Waals surface area contributed by atoms with Crippen molar-refractivity contribution >= 4 is 0 Å². The van der Waals surface area contributed by atoms with E-state index in [2.05, 4.69) is 28.9 Å². The lowest BCUT2D eigenvalue weighted by Crippen LogP contribution is -2.40. The van der Waals surface area contributed by atoms with E-state index in [4.69, 9.17) is 0 Å². The summed E-state index contributed by atoms with van der Waals surface area (Å²) in [6, 6.07) is 0.587. The molecule has 0 aromatic rings. The molecule has 2 heteroatoms. The van der Waals surface area contributed by atoms with Gasteiger partial charge < -0.3 is 10.6 Å². The predicted molar refractivity (Wildman–Crippen MR) is 50.9 cm³/mol. The summed E-state index contributed by atoms with van der Waals surface area (Å²) < 4.78 is 0. The standard InChI is InChI=1S/C10H16N2/c1-3-7-11-9(5-1)10-6-2-4-8-12-10/h1,3,5,10-12H,2,4,6-8H2. The third-order valence-electron chi connectivity index (χ3n) is 2.52. The maximum Gasteiger partial charge on any atom is 0.0469 e. The van der Waals surface area contributed by atoms with E-state index in [1.807, 2.05) is 0 Å². The van der Waals surface area contributed by atoms with Crippen molar-refractivity contribution in [2.75, 3.05) is 13.1 Å². The summed E-state index contributed by atoms with van der Waals surface area (Å²) in [6.45, 7) is 2.16. The van der Waals surface area contributed by atoms with Crippen LogP contribution < -0.4 is 10.6 Å². The second kappa shape index (κ2) is 3.76. The molecule has 1 atom stereocenters. The van der Waals surface area contributed by atoms with Crippen molar-refractivity contribution in [1.82, 2.24) is 10.6 Å². The van der Waals surface area contributed by atoms with Crippen LogP contribution in [0, 0.1) is 0 Å². The molecular formula is C10H16N2. The minimum atomic E-state index is 0.587. The Labute approximate surface area is 73.7 Å². The van der Waals surface area contributed by atoms with Gasteiger partial charge in [-0.15, -0.1) is 0 Å². The van der Waals surface area contributed by atoms with E-state index in [0.717, 1.165) is 6.54 Å². The minimum Gasteiger partial charge on any atom is -0.384 e. The quantitative estimate of drug-likeness (QED) is 0.608. The monoisotopic (exact) mass is 164 g/mol. The summed E-state index contributed by atoms with van der Waals surface area (Å²) in [5.74, 6) is 0. The lowest BCUT2D eigenvalue weighted by molar-refractivity contribution is 0.425. The van der Waals surface area contributed by atoms with Crippen LogP contribution in [0.2, 0.25) is 0 Å². The Balaban J connectivity index is 1.97. The zero-order valence-corrected chi connectivity index (χ0v) is 7.34. The highest BCUT2D eigenvalue weighted by molar-refractivity contribution is 5.21. The molecule has 2 heterocycles. The molecule has 1 unspecified atom stereocenters. The van der Waals surface area contributed by atoms with Crippen molar-refractivity contribution in [3.63, 3.8) is 0 Å². The summed E-state index contributed by atoms with van der Waals surface area (Å²) in [7, 11) is 0. The minimum absolute atomic E-state index is 0.587. The maximum absolute atomic E-state index is 3.52.